The van der Waals surface area contributed by atoms with Crippen molar-refractivity contribution in [1.82, 2.24) is 5.32 Å². The van der Waals surface area contributed by atoms with Crippen LogP contribution in [0.4, 0.5) is 14.9 Å². The van der Waals surface area contributed by atoms with E-state index in [9.17, 15) is 14.0 Å². The number of carbonyl (C=O) groups is 2. The van der Waals surface area contributed by atoms with Crippen LogP contribution in [0.1, 0.15) is 30.1 Å². The maximum atomic E-state index is 13.2. The maximum Gasteiger partial charge on any atom is 0.338 e. The van der Waals surface area contributed by atoms with Crippen LogP contribution < -0.4 is 10.6 Å². The first-order chi connectivity index (χ1) is 8.89. The predicted octanol–water partition coefficient (Wildman–Crippen LogP) is 2.45. The minimum Gasteiger partial charge on any atom is -0.478 e. The summed E-state index contributed by atoms with van der Waals surface area (Å²) in [5, 5.41) is 14.0. The van der Waals surface area contributed by atoms with Gasteiger partial charge in [-0.1, -0.05) is 6.92 Å². The summed E-state index contributed by atoms with van der Waals surface area (Å²) in [5.41, 5.74) is -0.0315. The highest BCUT2D eigenvalue weighted by molar-refractivity contribution is 5.93. The second kappa shape index (κ2) is 4.87. The lowest BCUT2D eigenvalue weighted by Crippen LogP contribution is -2.33. The summed E-state index contributed by atoms with van der Waals surface area (Å²) in [6.07, 6.45) is 2.18. The average molecular weight is 266 g/mol. The number of benzene rings is 1. The number of aromatic carboxylic acids is 1. The molecule has 1 aliphatic carbocycles. The lowest BCUT2D eigenvalue weighted by Gasteiger charge is -2.11. The minimum atomic E-state index is -1.37. The molecule has 1 fully saturated rings. The Balaban J connectivity index is 1.96. The van der Waals surface area contributed by atoms with E-state index >= 15 is 0 Å². The number of nitrogens with one attached hydrogen (secondary N) is 2. The van der Waals surface area contributed by atoms with Gasteiger partial charge in [-0.2, -0.15) is 0 Å². The normalized spacial score (nSPS) is 15.7. The number of carboxylic acids is 1. The number of anilines is 1. The van der Waals surface area contributed by atoms with E-state index < -0.39 is 23.4 Å². The Kier molecular flexibility index (Phi) is 3.42. The molecule has 1 saturated carbocycles. The third-order valence-electron chi connectivity index (χ3n) is 3.23. The third kappa shape index (κ3) is 3.43. The summed E-state index contributed by atoms with van der Waals surface area (Å²) in [7, 11) is 0. The van der Waals surface area contributed by atoms with Gasteiger partial charge in [0.2, 0.25) is 0 Å². The first-order valence-electron chi connectivity index (χ1n) is 5.97. The van der Waals surface area contributed by atoms with Gasteiger partial charge in [-0.3, -0.25) is 0 Å². The van der Waals surface area contributed by atoms with E-state index in [4.69, 9.17) is 5.11 Å². The van der Waals surface area contributed by atoms with E-state index in [1.54, 1.807) is 0 Å². The molecular weight excluding hydrogens is 251 g/mol. The van der Waals surface area contributed by atoms with Crippen molar-refractivity contribution < 1.29 is 19.1 Å². The van der Waals surface area contributed by atoms with E-state index in [-0.39, 0.29) is 11.1 Å². The van der Waals surface area contributed by atoms with Crippen molar-refractivity contribution in [3.8, 4) is 0 Å². The van der Waals surface area contributed by atoms with Crippen molar-refractivity contribution in [1.29, 1.82) is 0 Å². The molecule has 6 heteroatoms. The Labute approximate surface area is 109 Å². The van der Waals surface area contributed by atoms with Crippen LogP contribution in [0.25, 0.3) is 0 Å². The molecule has 1 aromatic carbocycles. The SMILES string of the molecule is CC1(CNC(=O)Nc2ccc(F)c(C(=O)O)c2)CC1. The molecule has 0 aromatic heterocycles. The van der Waals surface area contributed by atoms with Gasteiger partial charge >= 0.3 is 12.0 Å². The van der Waals surface area contributed by atoms with Gasteiger partial charge in [0.1, 0.15) is 5.82 Å². The number of hydrogen-bond donors (Lipinski definition) is 3. The third-order valence-corrected chi connectivity index (χ3v) is 3.23. The zero-order chi connectivity index (χ0) is 14.0. The van der Waals surface area contributed by atoms with Crippen LogP contribution in [0.2, 0.25) is 0 Å². The Morgan fingerprint density at radius 1 is 1.42 bits per heavy atom. The standard InChI is InChI=1S/C13H15FN2O3/c1-13(4-5-13)7-15-12(19)16-8-2-3-10(14)9(6-8)11(17)18/h2-3,6H,4-5,7H2,1H3,(H,17,18)(H2,15,16,19). The highest BCUT2D eigenvalue weighted by atomic mass is 19.1. The molecule has 3 N–H and O–H groups in total. The summed E-state index contributed by atoms with van der Waals surface area (Å²) >= 11 is 0. The maximum absolute atomic E-state index is 13.2. The average Bonchev–Trinajstić information content (AvgIpc) is 3.08. The number of carbonyl (C=O) groups excluding carboxylic acids is 1. The molecule has 0 spiro atoms. The van der Waals surface area contributed by atoms with Gasteiger partial charge < -0.3 is 15.7 Å². The minimum absolute atomic E-state index is 0.187. The molecular formula is C13H15FN2O3. The lowest BCUT2D eigenvalue weighted by molar-refractivity contribution is 0.0692. The molecule has 0 saturated heterocycles. The van der Waals surface area contributed by atoms with Gasteiger partial charge in [0, 0.05) is 12.2 Å². The fourth-order valence-electron chi connectivity index (χ4n) is 1.63. The highest BCUT2D eigenvalue weighted by Gasteiger charge is 2.37. The largest absolute Gasteiger partial charge is 0.478 e. The number of halogens is 1. The summed E-state index contributed by atoms with van der Waals surface area (Å²) in [5.74, 6) is -2.20. The molecule has 5 nitrogen and oxygen atoms in total. The molecule has 1 aliphatic rings. The molecule has 2 rings (SSSR count). The Morgan fingerprint density at radius 2 is 2.11 bits per heavy atom. The Hall–Kier alpha value is -2.11. The fraction of sp³-hybridized carbons (Fsp3) is 0.385. The second-order valence-electron chi connectivity index (χ2n) is 5.12. The van der Waals surface area contributed by atoms with Crippen molar-refractivity contribution in [2.45, 2.75) is 19.8 Å². The molecule has 19 heavy (non-hydrogen) atoms. The van der Waals surface area contributed by atoms with Gasteiger partial charge in [-0.05, 0) is 36.5 Å². The topological polar surface area (TPSA) is 78.4 Å². The number of rotatable bonds is 4. The Bertz CT molecular complexity index is 527. The van der Waals surface area contributed by atoms with Crippen LogP contribution in [0, 0.1) is 11.2 Å². The zero-order valence-corrected chi connectivity index (χ0v) is 10.5. The van der Waals surface area contributed by atoms with Gasteiger partial charge in [-0.25, -0.2) is 14.0 Å². The first-order valence-corrected chi connectivity index (χ1v) is 5.97. The fourth-order valence-corrected chi connectivity index (χ4v) is 1.63. The first kappa shape index (κ1) is 13.3. The lowest BCUT2D eigenvalue weighted by atomic mass is 10.1. The molecule has 0 atom stereocenters. The van der Waals surface area contributed by atoms with Crippen molar-refractivity contribution in [2.24, 2.45) is 5.41 Å². The molecule has 102 valence electrons. The van der Waals surface area contributed by atoms with Crippen molar-refractivity contribution in [2.75, 3.05) is 11.9 Å². The van der Waals surface area contributed by atoms with Crippen LogP contribution in [-0.4, -0.2) is 23.7 Å². The van der Waals surface area contributed by atoms with Crippen LogP contribution >= 0.6 is 0 Å². The van der Waals surface area contributed by atoms with E-state index in [2.05, 4.69) is 17.6 Å². The molecule has 1 aromatic rings. The summed E-state index contributed by atoms with van der Waals surface area (Å²) in [6.45, 7) is 2.65. The van der Waals surface area contributed by atoms with Crippen LogP contribution in [-0.2, 0) is 0 Å². The van der Waals surface area contributed by atoms with Gasteiger partial charge in [0.05, 0.1) is 5.56 Å². The van der Waals surface area contributed by atoms with E-state index in [0.29, 0.717) is 6.54 Å². The Morgan fingerprint density at radius 3 is 2.68 bits per heavy atom. The van der Waals surface area contributed by atoms with Crippen LogP contribution in [0.5, 0.6) is 0 Å². The van der Waals surface area contributed by atoms with Crippen LogP contribution in [0.15, 0.2) is 18.2 Å². The predicted molar refractivity (Wildman–Crippen MR) is 67.7 cm³/mol. The number of urea groups is 1. The van der Waals surface area contributed by atoms with Crippen molar-refractivity contribution in [3.63, 3.8) is 0 Å². The highest BCUT2D eigenvalue weighted by Crippen LogP contribution is 2.43. The van der Waals surface area contributed by atoms with E-state index in [1.165, 1.54) is 6.07 Å². The molecule has 0 unspecified atom stereocenters. The molecule has 2 amide bonds. The summed E-state index contributed by atoms with van der Waals surface area (Å²) in [6, 6.07) is 3.01. The monoisotopic (exact) mass is 266 g/mol. The molecule has 0 aliphatic heterocycles. The van der Waals surface area contributed by atoms with Crippen LogP contribution in [0.3, 0.4) is 0 Å². The number of carboxylic acid groups (broad SMARTS) is 1. The zero-order valence-electron chi connectivity index (χ0n) is 10.5. The summed E-state index contributed by atoms with van der Waals surface area (Å²) < 4.78 is 13.2. The van der Waals surface area contributed by atoms with Crippen molar-refractivity contribution in [3.05, 3.63) is 29.6 Å². The van der Waals surface area contributed by atoms with E-state index in [1.807, 2.05) is 0 Å². The van der Waals surface area contributed by atoms with Gasteiger partial charge in [0.15, 0.2) is 0 Å². The molecule has 0 bridgehead atoms. The number of hydrogen-bond acceptors (Lipinski definition) is 2. The van der Waals surface area contributed by atoms with Crippen molar-refractivity contribution >= 4 is 17.7 Å². The second-order valence-corrected chi connectivity index (χ2v) is 5.12. The van der Waals surface area contributed by atoms with Gasteiger partial charge in [0.25, 0.3) is 0 Å². The quantitative estimate of drug-likeness (QED) is 0.783. The van der Waals surface area contributed by atoms with E-state index in [0.717, 1.165) is 25.0 Å². The smallest absolute Gasteiger partial charge is 0.338 e. The summed E-state index contributed by atoms with van der Waals surface area (Å²) in [4.78, 5) is 22.3. The van der Waals surface area contributed by atoms with Gasteiger partial charge in [-0.15, -0.1) is 0 Å². The number of amides is 2. The molecule has 0 radical (unpaired) electrons. The molecule has 0 heterocycles.